The van der Waals surface area contributed by atoms with Crippen LogP contribution in [-0.2, 0) is 11.3 Å². The Hall–Kier alpha value is -1.36. The van der Waals surface area contributed by atoms with Crippen molar-refractivity contribution in [3.8, 4) is 0 Å². The van der Waals surface area contributed by atoms with E-state index in [1.165, 1.54) is 12.8 Å². The van der Waals surface area contributed by atoms with Crippen LogP contribution < -0.4 is 10.2 Å². The predicted molar refractivity (Wildman–Crippen MR) is 63.7 cm³/mol. The maximum absolute atomic E-state index is 5.07. The van der Waals surface area contributed by atoms with Gasteiger partial charge in [0.2, 0.25) is 0 Å². The van der Waals surface area contributed by atoms with Crippen LogP contribution in [0.25, 0.3) is 0 Å². The van der Waals surface area contributed by atoms with E-state index in [0.29, 0.717) is 12.6 Å². The molecule has 0 aromatic carbocycles. The van der Waals surface area contributed by atoms with Crippen molar-refractivity contribution in [2.24, 2.45) is 0 Å². The van der Waals surface area contributed by atoms with Crippen LogP contribution in [0, 0.1) is 0 Å². The maximum Gasteiger partial charge on any atom is 0.158 e. The molecule has 0 aliphatic heterocycles. The zero-order valence-electron chi connectivity index (χ0n) is 10.0. The molecule has 2 rings (SSSR count). The Morgan fingerprint density at radius 1 is 1.50 bits per heavy atom. The molecule has 0 unspecified atom stereocenters. The minimum Gasteiger partial charge on any atom is -0.377 e. The second kappa shape index (κ2) is 4.65. The van der Waals surface area contributed by atoms with Gasteiger partial charge in [0.25, 0.3) is 0 Å². The smallest absolute Gasteiger partial charge is 0.158 e. The molecule has 1 fully saturated rings. The molecule has 1 aliphatic carbocycles. The van der Waals surface area contributed by atoms with E-state index in [4.69, 9.17) is 4.74 Å². The molecule has 1 aromatic heterocycles. The highest BCUT2D eigenvalue weighted by molar-refractivity contribution is 5.50. The predicted octanol–water partition coefficient (Wildman–Crippen LogP) is 1.26. The summed E-state index contributed by atoms with van der Waals surface area (Å²) in [6, 6.07) is 2.62. The van der Waals surface area contributed by atoms with E-state index in [1.807, 2.05) is 13.1 Å². The molecule has 1 N–H and O–H groups in total. The number of anilines is 2. The standard InChI is InChI=1S/C11H18N4O/c1-12-9-6-11(15(2)8-4-5-8)14-10(13-9)7-16-3/h6,8H,4-5,7H2,1-3H3,(H,12,13,14). The van der Waals surface area contributed by atoms with Crippen LogP contribution in [0.3, 0.4) is 0 Å². The van der Waals surface area contributed by atoms with Gasteiger partial charge in [0.15, 0.2) is 5.82 Å². The van der Waals surface area contributed by atoms with E-state index in [-0.39, 0.29) is 0 Å². The molecule has 88 valence electrons. The first-order chi connectivity index (χ1) is 7.74. The van der Waals surface area contributed by atoms with Gasteiger partial charge in [-0.1, -0.05) is 0 Å². The van der Waals surface area contributed by atoms with Crippen molar-refractivity contribution in [3.63, 3.8) is 0 Å². The van der Waals surface area contributed by atoms with Crippen molar-refractivity contribution in [2.45, 2.75) is 25.5 Å². The lowest BCUT2D eigenvalue weighted by Gasteiger charge is -2.18. The highest BCUT2D eigenvalue weighted by Crippen LogP contribution is 2.29. The van der Waals surface area contributed by atoms with Crippen LogP contribution in [0.15, 0.2) is 6.07 Å². The van der Waals surface area contributed by atoms with E-state index < -0.39 is 0 Å². The minimum atomic E-state index is 0.445. The highest BCUT2D eigenvalue weighted by Gasteiger charge is 2.27. The molecule has 5 heteroatoms. The summed E-state index contributed by atoms with van der Waals surface area (Å²) in [6.07, 6.45) is 2.52. The molecule has 0 radical (unpaired) electrons. The van der Waals surface area contributed by atoms with Crippen LogP contribution in [0.4, 0.5) is 11.6 Å². The third-order valence-electron chi connectivity index (χ3n) is 2.74. The fraction of sp³-hybridized carbons (Fsp3) is 0.636. The van der Waals surface area contributed by atoms with Crippen molar-refractivity contribution in [1.82, 2.24) is 9.97 Å². The van der Waals surface area contributed by atoms with Gasteiger partial charge in [-0.15, -0.1) is 0 Å². The summed E-state index contributed by atoms with van der Waals surface area (Å²) < 4.78 is 5.07. The minimum absolute atomic E-state index is 0.445. The summed E-state index contributed by atoms with van der Waals surface area (Å²) in [5.41, 5.74) is 0. The quantitative estimate of drug-likeness (QED) is 0.813. The molecular formula is C11H18N4O. The molecule has 5 nitrogen and oxygen atoms in total. The van der Waals surface area contributed by atoms with Crippen LogP contribution in [-0.4, -0.2) is 37.2 Å². The van der Waals surface area contributed by atoms with Gasteiger partial charge < -0.3 is 15.0 Å². The molecule has 0 atom stereocenters. The third-order valence-corrected chi connectivity index (χ3v) is 2.74. The molecule has 0 saturated heterocycles. The van der Waals surface area contributed by atoms with Gasteiger partial charge in [0, 0.05) is 33.3 Å². The largest absolute Gasteiger partial charge is 0.377 e. The number of nitrogens with zero attached hydrogens (tertiary/aromatic N) is 3. The second-order valence-corrected chi connectivity index (χ2v) is 4.05. The van der Waals surface area contributed by atoms with Gasteiger partial charge in [-0.05, 0) is 12.8 Å². The summed E-state index contributed by atoms with van der Waals surface area (Å²) in [5, 5.41) is 3.05. The Labute approximate surface area is 95.8 Å². The number of hydrogen-bond donors (Lipinski definition) is 1. The van der Waals surface area contributed by atoms with Gasteiger partial charge in [0.05, 0.1) is 0 Å². The van der Waals surface area contributed by atoms with Gasteiger partial charge in [-0.2, -0.15) is 0 Å². The lowest BCUT2D eigenvalue weighted by atomic mass is 10.4. The van der Waals surface area contributed by atoms with Gasteiger partial charge in [-0.3, -0.25) is 0 Å². The van der Waals surface area contributed by atoms with E-state index in [2.05, 4.69) is 27.2 Å². The summed E-state index contributed by atoms with van der Waals surface area (Å²) >= 11 is 0. The zero-order valence-corrected chi connectivity index (χ0v) is 10.0. The fourth-order valence-electron chi connectivity index (χ4n) is 1.63. The number of methoxy groups -OCH3 is 1. The van der Waals surface area contributed by atoms with Crippen LogP contribution in [0.1, 0.15) is 18.7 Å². The monoisotopic (exact) mass is 222 g/mol. The summed E-state index contributed by atoms with van der Waals surface area (Å²) in [4.78, 5) is 11.0. The highest BCUT2D eigenvalue weighted by atomic mass is 16.5. The number of hydrogen-bond acceptors (Lipinski definition) is 5. The van der Waals surface area contributed by atoms with Crippen LogP contribution in [0.2, 0.25) is 0 Å². The van der Waals surface area contributed by atoms with Crippen LogP contribution in [0.5, 0.6) is 0 Å². The first-order valence-electron chi connectivity index (χ1n) is 5.52. The molecule has 1 saturated carbocycles. The normalized spacial score (nSPS) is 14.9. The van der Waals surface area contributed by atoms with Gasteiger partial charge >= 0.3 is 0 Å². The Morgan fingerprint density at radius 2 is 2.25 bits per heavy atom. The Bertz CT molecular complexity index is 365. The number of nitrogens with one attached hydrogen (secondary N) is 1. The second-order valence-electron chi connectivity index (χ2n) is 4.05. The zero-order chi connectivity index (χ0) is 11.5. The van der Waals surface area contributed by atoms with Crippen molar-refractivity contribution >= 4 is 11.6 Å². The number of aromatic nitrogens is 2. The molecule has 0 amide bonds. The van der Waals surface area contributed by atoms with E-state index in [9.17, 15) is 0 Å². The molecule has 0 spiro atoms. The fourth-order valence-corrected chi connectivity index (χ4v) is 1.63. The van der Waals surface area contributed by atoms with E-state index in [1.54, 1.807) is 7.11 Å². The summed E-state index contributed by atoms with van der Waals surface area (Å²) in [7, 11) is 5.59. The lowest BCUT2D eigenvalue weighted by Crippen LogP contribution is -2.21. The number of ether oxygens (including phenoxy) is 1. The van der Waals surface area contributed by atoms with E-state index >= 15 is 0 Å². The average Bonchev–Trinajstić information content (AvgIpc) is 3.12. The first-order valence-corrected chi connectivity index (χ1v) is 5.52. The SMILES string of the molecule is CNc1cc(N(C)C2CC2)nc(COC)n1. The lowest BCUT2D eigenvalue weighted by molar-refractivity contribution is 0.178. The Morgan fingerprint density at radius 3 is 2.81 bits per heavy atom. The van der Waals surface area contributed by atoms with Crippen molar-refractivity contribution in [2.75, 3.05) is 31.4 Å². The van der Waals surface area contributed by atoms with Crippen molar-refractivity contribution in [1.29, 1.82) is 0 Å². The average molecular weight is 222 g/mol. The molecule has 1 heterocycles. The van der Waals surface area contributed by atoms with Gasteiger partial charge in [0.1, 0.15) is 18.2 Å². The molecule has 0 bridgehead atoms. The van der Waals surface area contributed by atoms with Crippen molar-refractivity contribution < 1.29 is 4.74 Å². The van der Waals surface area contributed by atoms with E-state index in [0.717, 1.165) is 17.5 Å². The summed E-state index contributed by atoms with van der Waals surface area (Å²) in [5.74, 6) is 2.52. The summed E-state index contributed by atoms with van der Waals surface area (Å²) in [6.45, 7) is 0.445. The topological polar surface area (TPSA) is 50.3 Å². The maximum atomic E-state index is 5.07. The third kappa shape index (κ3) is 2.41. The van der Waals surface area contributed by atoms with Crippen LogP contribution >= 0.6 is 0 Å². The Balaban J connectivity index is 2.24. The molecule has 16 heavy (non-hydrogen) atoms. The first kappa shape index (κ1) is 11.1. The van der Waals surface area contributed by atoms with Crippen molar-refractivity contribution in [3.05, 3.63) is 11.9 Å². The molecule has 1 aromatic rings. The molecule has 1 aliphatic rings. The van der Waals surface area contributed by atoms with Gasteiger partial charge in [-0.25, -0.2) is 9.97 Å². The number of rotatable bonds is 5. The Kier molecular flexibility index (Phi) is 3.24. The molecular weight excluding hydrogens is 204 g/mol.